The first-order valence-electron chi connectivity index (χ1n) is 4.81. The summed E-state index contributed by atoms with van der Waals surface area (Å²) < 4.78 is 13.3. The van der Waals surface area contributed by atoms with Gasteiger partial charge in [-0.1, -0.05) is 0 Å². The van der Waals surface area contributed by atoms with E-state index in [1.165, 1.54) is 30.5 Å². The van der Waals surface area contributed by atoms with Crippen molar-refractivity contribution in [2.45, 2.75) is 0 Å². The molecule has 0 atom stereocenters. The molecule has 0 aliphatic carbocycles. The largest absolute Gasteiger partial charge is 0.306 e. The van der Waals surface area contributed by atoms with Gasteiger partial charge in [-0.15, -0.1) is 0 Å². The monoisotopic (exact) mass is 329 g/mol. The van der Waals surface area contributed by atoms with E-state index in [0.29, 0.717) is 10.0 Å². The van der Waals surface area contributed by atoms with Gasteiger partial charge in [-0.05, 0) is 51.8 Å². The fourth-order valence-corrected chi connectivity index (χ4v) is 1.94. The van der Waals surface area contributed by atoms with Crippen molar-refractivity contribution in [1.29, 1.82) is 0 Å². The molecule has 0 radical (unpaired) electrons. The van der Waals surface area contributed by atoms with Crippen molar-refractivity contribution in [2.75, 3.05) is 5.32 Å². The molecular formula is C11H6BrClFN3O. The fraction of sp³-hybridized carbons (Fsp3) is 0. The standard InChI is InChI=1S/C11H6BrClFN3O/c12-8-5-6(14)1-2-7(8)10(18)16-9-3-4-15-11(13)17-9/h1-5H,(H,15,16,17,18). The first kappa shape index (κ1) is 12.9. The normalized spacial score (nSPS) is 10.2. The minimum Gasteiger partial charge on any atom is -0.306 e. The number of carbonyl (C=O) groups is 1. The highest BCUT2D eigenvalue weighted by molar-refractivity contribution is 9.10. The molecule has 0 fully saturated rings. The van der Waals surface area contributed by atoms with Crippen LogP contribution in [0.1, 0.15) is 10.4 Å². The zero-order valence-corrected chi connectivity index (χ0v) is 11.2. The van der Waals surface area contributed by atoms with E-state index in [2.05, 4.69) is 31.2 Å². The Kier molecular flexibility index (Phi) is 3.88. The van der Waals surface area contributed by atoms with Gasteiger partial charge in [-0.3, -0.25) is 4.79 Å². The summed E-state index contributed by atoms with van der Waals surface area (Å²) in [5.74, 6) is -0.573. The van der Waals surface area contributed by atoms with Gasteiger partial charge in [0.1, 0.15) is 11.6 Å². The number of nitrogens with one attached hydrogen (secondary N) is 1. The lowest BCUT2D eigenvalue weighted by Crippen LogP contribution is -2.13. The smallest absolute Gasteiger partial charge is 0.257 e. The van der Waals surface area contributed by atoms with Gasteiger partial charge in [-0.2, -0.15) is 0 Å². The van der Waals surface area contributed by atoms with Crippen LogP contribution in [-0.4, -0.2) is 15.9 Å². The number of hydrogen-bond donors (Lipinski definition) is 1. The van der Waals surface area contributed by atoms with Crippen molar-refractivity contribution in [2.24, 2.45) is 0 Å². The quantitative estimate of drug-likeness (QED) is 0.860. The maximum atomic E-state index is 12.9. The van der Waals surface area contributed by atoms with E-state index in [1.54, 1.807) is 0 Å². The molecule has 1 aromatic heterocycles. The Hall–Kier alpha value is -1.53. The number of nitrogens with zero attached hydrogens (tertiary/aromatic N) is 2. The van der Waals surface area contributed by atoms with Crippen LogP contribution >= 0.6 is 27.5 Å². The van der Waals surface area contributed by atoms with Crippen LogP contribution in [0.5, 0.6) is 0 Å². The molecule has 18 heavy (non-hydrogen) atoms. The molecule has 0 aliphatic heterocycles. The van der Waals surface area contributed by atoms with Crippen LogP contribution in [0.3, 0.4) is 0 Å². The molecule has 1 heterocycles. The van der Waals surface area contributed by atoms with Gasteiger partial charge >= 0.3 is 0 Å². The first-order chi connectivity index (χ1) is 8.56. The van der Waals surface area contributed by atoms with Crippen LogP contribution in [-0.2, 0) is 0 Å². The lowest BCUT2D eigenvalue weighted by atomic mass is 10.2. The predicted molar refractivity (Wildman–Crippen MR) is 69.1 cm³/mol. The number of anilines is 1. The van der Waals surface area contributed by atoms with E-state index >= 15 is 0 Å². The van der Waals surface area contributed by atoms with Crippen LogP contribution < -0.4 is 5.32 Å². The lowest BCUT2D eigenvalue weighted by Gasteiger charge is -2.06. The average Bonchev–Trinajstić information content (AvgIpc) is 2.28. The highest BCUT2D eigenvalue weighted by atomic mass is 79.9. The van der Waals surface area contributed by atoms with E-state index in [-0.39, 0.29) is 11.1 Å². The second-order valence-electron chi connectivity index (χ2n) is 3.29. The second-order valence-corrected chi connectivity index (χ2v) is 4.48. The zero-order chi connectivity index (χ0) is 13.1. The van der Waals surface area contributed by atoms with E-state index in [4.69, 9.17) is 11.6 Å². The van der Waals surface area contributed by atoms with Crippen molar-refractivity contribution in [1.82, 2.24) is 9.97 Å². The summed E-state index contributed by atoms with van der Waals surface area (Å²) in [7, 11) is 0. The highest BCUT2D eigenvalue weighted by Crippen LogP contribution is 2.19. The van der Waals surface area contributed by atoms with Gasteiger partial charge in [0, 0.05) is 10.7 Å². The number of amides is 1. The molecule has 1 aromatic carbocycles. The topological polar surface area (TPSA) is 54.9 Å². The number of carbonyl (C=O) groups excluding carboxylic acids is 1. The molecule has 0 saturated heterocycles. The number of aromatic nitrogens is 2. The average molecular weight is 331 g/mol. The van der Waals surface area contributed by atoms with E-state index in [0.717, 1.165) is 0 Å². The van der Waals surface area contributed by atoms with Crippen LogP contribution in [0, 0.1) is 5.82 Å². The minimum atomic E-state index is -0.427. The maximum Gasteiger partial charge on any atom is 0.257 e. The molecule has 2 aromatic rings. The third kappa shape index (κ3) is 3.02. The Morgan fingerprint density at radius 2 is 2.17 bits per heavy atom. The number of hydrogen-bond acceptors (Lipinski definition) is 3. The van der Waals surface area contributed by atoms with Gasteiger partial charge in [0.2, 0.25) is 5.28 Å². The van der Waals surface area contributed by atoms with Crippen LogP contribution in [0.15, 0.2) is 34.9 Å². The molecule has 1 amide bonds. The Morgan fingerprint density at radius 1 is 1.39 bits per heavy atom. The highest BCUT2D eigenvalue weighted by Gasteiger charge is 2.11. The van der Waals surface area contributed by atoms with Crippen LogP contribution in [0.25, 0.3) is 0 Å². The first-order valence-corrected chi connectivity index (χ1v) is 5.98. The van der Waals surface area contributed by atoms with Gasteiger partial charge in [-0.25, -0.2) is 14.4 Å². The fourth-order valence-electron chi connectivity index (χ4n) is 1.26. The maximum absolute atomic E-state index is 12.9. The predicted octanol–water partition coefficient (Wildman–Crippen LogP) is 3.28. The molecular weight excluding hydrogens is 324 g/mol. The SMILES string of the molecule is O=C(Nc1ccnc(Cl)n1)c1ccc(F)cc1Br. The van der Waals surface area contributed by atoms with Crippen LogP contribution in [0.4, 0.5) is 10.2 Å². The summed E-state index contributed by atoms with van der Waals surface area (Å²) in [6.45, 7) is 0. The summed E-state index contributed by atoms with van der Waals surface area (Å²) in [5.41, 5.74) is 0.297. The molecule has 4 nitrogen and oxygen atoms in total. The molecule has 0 aliphatic rings. The Bertz CT molecular complexity index is 609. The summed E-state index contributed by atoms with van der Waals surface area (Å²) in [5, 5.41) is 2.57. The molecule has 92 valence electrons. The molecule has 0 saturated carbocycles. The van der Waals surface area contributed by atoms with E-state index < -0.39 is 11.7 Å². The summed E-state index contributed by atoms with van der Waals surface area (Å²) in [6.07, 6.45) is 1.42. The summed E-state index contributed by atoms with van der Waals surface area (Å²) in [4.78, 5) is 19.4. The van der Waals surface area contributed by atoms with Crippen molar-refractivity contribution < 1.29 is 9.18 Å². The lowest BCUT2D eigenvalue weighted by molar-refractivity contribution is 0.102. The third-order valence-corrected chi connectivity index (χ3v) is 2.88. The molecule has 0 spiro atoms. The Labute approximate surface area is 115 Å². The van der Waals surface area contributed by atoms with Crippen molar-refractivity contribution in [3.63, 3.8) is 0 Å². The van der Waals surface area contributed by atoms with Crippen LogP contribution in [0.2, 0.25) is 5.28 Å². The van der Waals surface area contributed by atoms with Crippen molar-refractivity contribution >= 4 is 39.3 Å². The van der Waals surface area contributed by atoms with Crippen molar-refractivity contribution in [3.05, 3.63) is 51.6 Å². The van der Waals surface area contributed by atoms with Gasteiger partial charge in [0.05, 0.1) is 5.56 Å². The third-order valence-electron chi connectivity index (χ3n) is 2.04. The molecule has 0 bridgehead atoms. The second kappa shape index (κ2) is 5.41. The van der Waals surface area contributed by atoms with Gasteiger partial charge in [0.25, 0.3) is 5.91 Å². The zero-order valence-electron chi connectivity index (χ0n) is 8.82. The van der Waals surface area contributed by atoms with E-state index in [1.807, 2.05) is 0 Å². The number of benzene rings is 1. The van der Waals surface area contributed by atoms with Gasteiger partial charge in [0.15, 0.2) is 0 Å². The number of rotatable bonds is 2. The van der Waals surface area contributed by atoms with Gasteiger partial charge < -0.3 is 5.32 Å². The molecule has 1 N–H and O–H groups in total. The Balaban J connectivity index is 2.22. The summed E-state index contributed by atoms with van der Waals surface area (Å²) in [6, 6.07) is 5.28. The van der Waals surface area contributed by atoms with E-state index in [9.17, 15) is 9.18 Å². The molecule has 0 unspecified atom stereocenters. The Morgan fingerprint density at radius 3 is 2.83 bits per heavy atom. The minimum absolute atomic E-state index is 0.0333. The summed E-state index contributed by atoms with van der Waals surface area (Å²) >= 11 is 8.71. The molecule has 7 heteroatoms. The van der Waals surface area contributed by atoms with Crippen molar-refractivity contribution in [3.8, 4) is 0 Å². The molecule has 2 rings (SSSR count). The number of halogens is 3.